The van der Waals surface area contributed by atoms with E-state index in [1.54, 1.807) is 5.57 Å². The fourth-order valence-electron chi connectivity index (χ4n) is 3.41. The molecule has 0 amide bonds. The molecule has 2 aliphatic heterocycles. The summed E-state index contributed by atoms with van der Waals surface area (Å²) >= 11 is 0. The summed E-state index contributed by atoms with van der Waals surface area (Å²) in [5, 5.41) is 3.51. The van der Waals surface area contributed by atoms with Crippen LogP contribution >= 0.6 is 0 Å². The first kappa shape index (κ1) is 13.1. The first-order valence-electron chi connectivity index (χ1n) is 7.33. The number of rotatable bonds is 4. The Morgan fingerprint density at radius 3 is 2.71 bits per heavy atom. The largest absolute Gasteiger partial charge is 0.317 e. The summed E-state index contributed by atoms with van der Waals surface area (Å²) < 4.78 is 0. The van der Waals surface area contributed by atoms with Crippen LogP contribution in [0.2, 0.25) is 0 Å². The molecular weight excluding hydrogens is 208 g/mol. The number of nitrogens with one attached hydrogen (secondary N) is 1. The summed E-state index contributed by atoms with van der Waals surface area (Å²) in [7, 11) is 0. The molecule has 1 fully saturated rings. The Morgan fingerprint density at radius 1 is 1.35 bits per heavy atom. The minimum absolute atomic E-state index is 0.610. The zero-order valence-electron chi connectivity index (χ0n) is 11.6. The van der Waals surface area contributed by atoms with Crippen LogP contribution in [0.3, 0.4) is 0 Å². The van der Waals surface area contributed by atoms with Crippen molar-refractivity contribution >= 4 is 0 Å². The van der Waals surface area contributed by atoms with Gasteiger partial charge in [0.2, 0.25) is 0 Å². The first-order valence-corrected chi connectivity index (χ1v) is 7.33. The summed E-state index contributed by atoms with van der Waals surface area (Å²) in [5.41, 5.74) is 2.19. The van der Waals surface area contributed by atoms with Crippen LogP contribution in [-0.4, -0.2) is 37.6 Å². The van der Waals surface area contributed by atoms with Crippen molar-refractivity contribution in [1.29, 1.82) is 0 Å². The topological polar surface area (TPSA) is 15.3 Å². The average Bonchev–Trinajstić information content (AvgIpc) is 2.34. The van der Waals surface area contributed by atoms with Gasteiger partial charge in [-0.3, -0.25) is 4.90 Å². The summed E-state index contributed by atoms with van der Waals surface area (Å²) in [4.78, 5) is 2.67. The molecule has 0 bridgehead atoms. The van der Waals surface area contributed by atoms with E-state index in [9.17, 15) is 0 Å². The molecule has 0 spiro atoms. The normalized spacial score (nSPS) is 25.6. The lowest BCUT2D eigenvalue weighted by Crippen LogP contribution is -2.45. The summed E-state index contributed by atoms with van der Waals surface area (Å²) in [6.45, 7) is 10.8. The van der Waals surface area contributed by atoms with Crippen LogP contribution < -0.4 is 5.32 Å². The second kappa shape index (κ2) is 6.01. The third kappa shape index (κ3) is 3.56. The van der Waals surface area contributed by atoms with Crippen molar-refractivity contribution in [2.75, 3.05) is 32.7 Å². The minimum Gasteiger partial charge on any atom is -0.317 e. The lowest BCUT2D eigenvalue weighted by molar-refractivity contribution is 0.106. The van der Waals surface area contributed by atoms with Crippen molar-refractivity contribution in [3.63, 3.8) is 0 Å². The van der Waals surface area contributed by atoms with Gasteiger partial charge in [-0.05, 0) is 51.1 Å². The smallest absolute Gasteiger partial charge is 0.0166 e. The molecule has 2 heterocycles. The highest BCUT2D eigenvalue weighted by Gasteiger charge is 2.33. The van der Waals surface area contributed by atoms with Gasteiger partial charge in [-0.2, -0.15) is 0 Å². The third-order valence-electron chi connectivity index (χ3n) is 4.52. The monoisotopic (exact) mass is 236 g/mol. The van der Waals surface area contributed by atoms with Gasteiger partial charge in [0.05, 0.1) is 0 Å². The number of hydrogen-bond donors (Lipinski definition) is 1. The van der Waals surface area contributed by atoms with E-state index in [4.69, 9.17) is 0 Å². The van der Waals surface area contributed by atoms with Crippen molar-refractivity contribution in [3.8, 4) is 0 Å². The molecule has 0 saturated carbocycles. The lowest BCUT2D eigenvalue weighted by Gasteiger charge is -2.42. The highest BCUT2D eigenvalue weighted by Crippen LogP contribution is 2.35. The second-order valence-electron chi connectivity index (χ2n) is 6.04. The van der Waals surface area contributed by atoms with E-state index < -0.39 is 0 Å². The van der Waals surface area contributed by atoms with Crippen LogP contribution in [0.5, 0.6) is 0 Å². The molecule has 0 radical (unpaired) electrons. The maximum atomic E-state index is 3.51. The molecule has 2 heteroatoms. The molecular formula is C15H28N2. The van der Waals surface area contributed by atoms with E-state index in [2.05, 4.69) is 30.1 Å². The molecule has 0 aromatic rings. The van der Waals surface area contributed by atoms with Gasteiger partial charge in [0.1, 0.15) is 0 Å². The molecule has 0 atom stereocenters. The Balaban J connectivity index is 1.93. The maximum absolute atomic E-state index is 3.51. The zero-order valence-corrected chi connectivity index (χ0v) is 11.6. The van der Waals surface area contributed by atoms with Crippen LogP contribution in [0.1, 0.15) is 46.0 Å². The van der Waals surface area contributed by atoms with Crippen LogP contribution in [0.25, 0.3) is 0 Å². The van der Waals surface area contributed by atoms with E-state index in [0.29, 0.717) is 5.41 Å². The molecule has 0 aliphatic carbocycles. The van der Waals surface area contributed by atoms with E-state index in [-0.39, 0.29) is 0 Å². The Labute approximate surface area is 106 Å². The van der Waals surface area contributed by atoms with Gasteiger partial charge >= 0.3 is 0 Å². The minimum atomic E-state index is 0.610. The van der Waals surface area contributed by atoms with Crippen molar-refractivity contribution in [2.24, 2.45) is 5.41 Å². The van der Waals surface area contributed by atoms with Gasteiger partial charge in [0.15, 0.2) is 0 Å². The number of nitrogens with zero attached hydrogens (tertiary/aromatic N) is 1. The average molecular weight is 236 g/mol. The van der Waals surface area contributed by atoms with Crippen molar-refractivity contribution < 1.29 is 0 Å². The van der Waals surface area contributed by atoms with Crippen molar-refractivity contribution in [1.82, 2.24) is 10.2 Å². The van der Waals surface area contributed by atoms with Crippen LogP contribution in [0.15, 0.2) is 11.6 Å². The SMILES string of the molecule is CCCC1(CN2CC=C(C)CC2)CCNCC1. The quantitative estimate of drug-likeness (QED) is 0.755. The summed E-state index contributed by atoms with van der Waals surface area (Å²) in [6.07, 6.45) is 9.20. The standard InChI is InChI=1S/C15H28N2/c1-3-6-15(7-9-16-10-8-15)13-17-11-4-14(2)5-12-17/h4,16H,3,5-13H2,1-2H3. The molecule has 17 heavy (non-hydrogen) atoms. The van der Waals surface area contributed by atoms with Gasteiger partial charge < -0.3 is 5.32 Å². The van der Waals surface area contributed by atoms with E-state index in [0.717, 1.165) is 0 Å². The van der Waals surface area contributed by atoms with Gasteiger partial charge in [-0.25, -0.2) is 0 Å². The lowest BCUT2D eigenvalue weighted by atomic mass is 9.75. The highest BCUT2D eigenvalue weighted by molar-refractivity contribution is 5.04. The van der Waals surface area contributed by atoms with Crippen LogP contribution in [0, 0.1) is 5.41 Å². The number of piperidine rings is 1. The second-order valence-corrected chi connectivity index (χ2v) is 6.04. The summed E-state index contributed by atoms with van der Waals surface area (Å²) in [5.74, 6) is 0. The fraction of sp³-hybridized carbons (Fsp3) is 0.867. The molecule has 2 nitrogen and oxygen atoms in total. The molecule has 1 saturated heterocycles. The molecule has 98 valence electrons. The van der Waals surface area contributed by atoms with E-state index in [1.807, 2.05) is 0 Å². The summed E-state index contributed by atoms with van der Waals surface area (Å²) in [6, 6.07) is 0. The highest BCUT2D eigenvalue weighted by atomic mass is 15.1. The van der Waals surface area contributed by atoms with Gasteiger partial charge in [-0.1, -0.05) is 25.0 Å². The van der Waals surface area contributed by atoms with Crippen molar-refractivity contribution in [2.45, 2.75) is 46.0 Å². The van der Waals surface area contributed by atoms with Gasteiger partial charge in [0, 0.05) is 19.6 Å². The Bertz CT molecular complexity index is 259. The molecule has 0 aromatic heterocycles. The zero-order chi connectivity index (χ0) is 12.1. The van der Waals surface area contributed by atoms with Crippen molar-refractivity contribution in [3.05, 3.63) is 11.6 Å². The molecule has 2 rings (SSSR count). The number of hydrogen-bond acceptors (Lipinski definition) is 2. The van der Waals surface area contributed by atoms with Gasteiger partial charge in [0.25, 0.3) is 0 Å². The Kier molecular flexibility index (Phi) is 4.63. The fourth-order valence-corrected chi connectivity index (χ4v) is 3.41. The Hall–Kier alpha value is -0.340. The predicted molar refractivity (Wildman–Crippen MR) is 74.3 cm³/mol. The molecule has 0 unspecified atom stereocenters. The van der Waals surface area contributed by atoms with Gasteiger partial charge in [-0.15, -0.1) is 0 Å². The molecule has 0 aromatic carbocycles. The van der Waals surface area contributed by atoms with E-state index in [1.165, 1.54) is 64.8 Å². The Morgan fingerprint density at radius 2 is 2.12 bits per heavy atom. The predicted octanol–water partition coefficient (Wildman–Crippen LogP) is 2.81. The maximum Gasteiger partial charge on any atom is 0.0166 e. The first-order chi connectivity index (χ1) is 8.24. The van der Waals surface area contributed by atoms with E-state index >= 15 is 0 Å². The third-order valence-corrected chi connectivity index (χ3v) is 4.52. The molecule has 1 N–H and O–H groups in total. The molecule has 2 aliphatic rings. The van der Waals surface area contributed by atoms with Crippen LogP contribution in [0.4, 0.5) is 0 Å². The van der Waals surface area contributed by atoms with Crippen LogP contribution in [-0.2, 0) is 0 Å².